The number of nitrogens with zero attached hydrogens (tertiary/aromatic N) is 2. The van der Waals surface area contributed by atoms with Crippen LogP contribution in [-0.2, 0) is 4.79 Å². The molecule has 7 heteroatoms. The summed E-state index contributed by atoms with van der Waals surface area (Å²) < 4.78 is 5.19. The fourth-order valence-corrected chi connectivity index (χ4v) is 3.49. The average molecular weight is 402 g/mol. The third-order valence-electron chi connectivity index (χ3n) is 4.90. The summed E-state index contributed by atoms with van der Waals surface area (Å²) in [7, 11) is 1.40. The zero-order valence-corrected chi connectivity index (χ0v) is 16.0. The molecule has 1 amide bonds. The van der Waals surface area contributed by atoms with E-state index < -0.39 is 23.5 Å². The van der Waals surface area contributed by atoms with Crippen LogP contribution < -0.4 is 9.64 Å². The van der Waals surface area contributed by atoms with Crippen molar-refractivity contribution in [1.29, 1.82) is 0 Å². The van der Waals surface area contributed by atoms with E-state index in [-0.39, 0.29) is 22.9 Å². The van der Waals surface area contributed by atoms with Gasteiger partial charge in [0.25, 0.3) is 5.91 Å². The highest BCUT2D eigenvalue weighted by Crippen LogP contribution is 2.43. The van der Waals surface area contributed by atoms with Crippen LogP contribution >= 0.6 is 0 Å². The van der Waals surface area contributed by atoms with E-state index in [2.05, 4.69) is 4.98 Å². The minimum absolute atomic E-state index is 0.0652. The van der Waals surface area contributed by atoms with Crippen LogP contribution in [0, 0.1) is 0 Å². The number of phenolic OH excluding ortho intramolecular Hbond substituents is 1. The summed E-state index contributed by atoms with van der Waals surface area (Å²) in [5.74, 6) is -1.46. The molecule has 3 aromatic rings. The van der Waals surface area contributed by atoms with Gasteiger partial charge >= 0.3 is 0 Å². The van der Waals surface area contributed by atoms with Crippen LogP contribution in [0.4, 0.5) is 5.82 Å². The smallest absolute Gasteiger partial charge is 0.295 e. The molecule has 0 aliphatic carbocycles. The predicted octanol–water partition coefficient (Wildman–Crippen LogP) is 3.58. The summed E-state index contributed by atoms with van der Waals surface area (Å²) >= 11 is 0. The van der Waals surface area contributed by atoms with Crippen LogP contribution in [0.25, 0.3) is 0 Å². The summed E-state index contributed by atoms with van der Waals surface area (Å²) in [4.78, 5) is 31.8. The Morgan fingerprint density at radius 2 is 1.77 bits per heavy atom. The van der Waals surface area contributed by atoms with Crippen molar-refractivity contribution in [2.24, 2.45) is 0 Å². The first-order valence-corrected chi connectivity index (χ1v) is 9.17. The molecule has 4 rings (SSSR count). The minimum atomic E-state index is -0.949. The molecule has 2 heterocycles. The van der Waals surface area contributed by atoms with Gasteiger partial charge in [0.15, 0.2) is 23.0 Å². The Labute approximate surface area is 172 Å². The summed E-state index contributed by atoms with van der Waals surface area (Å²) in [6, 6.07) is 17.0. The fourth-order valence-electron chi connectivity index (χ4n) is 3.49. The number of aromatic hydroxyl groups is 1. The summed E-state index contributed by atoms with van der Waals surface area (Å²) in [5.41, 5.74) is 0.752. The van der Waals surface area contributed by atoms with Crippen molar-refractivity contribution >= 4 is 17.5 Å². The predicted molar refractivity (Wildman–Crippen MR) is 110 cm³/mol. The number of benzene rings is 2. The van der Waals surface area contributed by atoms with Crippen molar-refractivity contribution in [3.05, 3.63) is 95.4 Å². The number of aromatic nitrogens is 1. The molecule has 0 saturated carbocycles. The first-order valence-electron chi connectivity index (χ1n) is 9.17. The molecule has 0 fully saturated rings. The number of pyridine rings is 1. The SMILES string of the molecule is COc1cc(C2C(C(=O)c3ccccc3)=C(O)C(=O)N2c2ccccn2)ccc1O. The molecular weight excluding hydrogens is 384 g/mol. The molecule has 30 heavy (non-hydrogen) atoms. The molecule has 150 valence electrons. The number of Topliss-reactive ketones (excluding diaryl/α,β-unsaturated/α-hetero) is 1. The zero-order chi connectivity index (χ0) is 21.3. The normalized spacial score (nSPS) is 16.1. The van der Waals surface area contributed by atoms with E-state index in [1.807, 2.05) is 0 Å². The number of methoxy groups -OCH3 is 1. The second-order valence-corrected chi connectivity index (χ2v) is 6.65. The summed E-state index contributed by atoms with van der Waals surface area (Å²) in [5, 5.41) is 20.7. The largest absolute Gasteiger partial charge is 0.504 e. The van der Waals surface area contributed by atoms with Crippen molar-refractivity contribution in [2.45, 2.75) is 6.04 Å². The quantitative estimate of drug-likeness (QED) is 0.633. The molecular formula is C23H18N2O5. The standard InChI is InChI=1S/C23H18N2O5/c1-30-17-13-15(10-11-16(17)26)20-19(21(27)14-7-3-2-4-8-14)22(28)23(29)25(20)18-9-5-6-12-24-18/h2-13,20,26,28H,1H3. The highest BCUT2D eigenvalue weighted by molar-refractivity contribution is 6.20. The number of hydrogen-bond acceptors (Lipinski definition) is 6. The second kappa shape index (κ2) is 7.71. The third-order valence-corrected chi connectivity index (χ3v) is 4.90. The van der Waals surface area contributed by atoms with E-state index in [1.165, 1.54) is 30.3 Å². The van der Waals surface area contributed by atoms with Crippen LogP contribution in [0.3, 0.4) is 0 Å². The summed E-state index contributed by atoms with van der Waals surface area (Å²) in [6.07, 6.45) is 1.52. The topological polar surface area (TPSA) is 100.0 Å². The molecule has 7 nitrogen and oxygen atoms in total. The van der Waals surface area contributed by atoms with Gasteiger partial charge in [-0.1, -0.05) is 42.5 Å². The average Bonchev–Trinajstić information content (AvgIpc) is 3.05. The summed E-state index contributed by atoms with van der Waals surface area (Å²) in [6.45, 7) is 0. The Morgan fingerprint density at radius 3 is 2.43 bits per heavy atom. The van der Waals surface area contributed by atoms with Gasteiger partial charge in [0.1, 0.15) is 5.82 Å². The maximum absolute atomic E-state index is 13.3. The molecule has 2 N–H and O–H groups in total. The number of carbonyl (C=O) groups is 2. The van der Waals surface area contributed by atoms with Gasteiger partial charge in [0, 0.05) is 11.8 Å². The van der Waals surface area contributed by atoms with Crippen molar-refractivity contribution in [3.8, 4) is 11.5 Å². The van der Waals surface area contributed by atoms with Gasteiger partial charge < -0.3 is 14.9 Å². The lowest BCUT2D eigenvalue weighted by atomic mass is 9.92. The number of ketones is 1. The molecule has 0 saturated heterocycles. The van der Waals surface area contributed by atoms with Crippen molar-refractivity contribution in [3.63, 3.8) is 0 Å². The van der Waals surface area contributed by atoms with Gasteiger partial charge in [0.2, 0.25) is 0 Å². The van der Waals surface area contributed by atoms with Gasteiger partial charge in [-0.25, -0.2) is 4.98 Å². The lowest BCUT2D eigenvalue weighted by Gasteiger charge is -2.26. The van der Waals surface area contributed by atoms with Crippen LogP contribution in [0.1, 0.15) is 22.0 Å². The molecule has 0 radical (unpaired) electrons. The number of rotatable bonds is 5. The number of carbonyl (C=O) groups excluding carboxylic acids is 2. The van der Waals surface area contributed by atoms with E-state index in [0.717, 1.165) is 0 Å². The number of ether oxygens (including phenoxy) is 1. The van der Waals surface area contributed by atoms with Gasteiger partial charge in [-0.3, -0.25) is 14.5 Å². The van der Waals surface area contributed by atoms with Crippen molar-refractivity contribution in [1.82, 2.24) is 4.98 Å². The van der Waals surface area contributed by atoms with E-state index >= 15 is 0 Å². The molecule has 1 aliphatic heterocycles. The maximum atomic E-state index is 13.3. The number of amides is 1. The molecule has 1 atom stereocenters. The first kappa shape index (κ1) is 19.2. The van der Waals surface area contributed by atoms with Gasteiger partial charge in [0.05, 0.1) is 18.7 Å². The number of aliphatic hydroxyl groups excluding tert-OH is 1. The molecule has 1 aliphatic rings. The maximum Gasteiger partial charge on any atom is 0.295 e. The molecule has 2 aromatic carbocycles. The van der Waals surface area contributed by atoms with Crippen LogP contribution in [0.2, 0.25) is 0 Å². The van der Waals surface area contributed by atoms with E-state index in [1.54, 1.807) is 54.6 Å². The molecule has 1 unspecified atom stereocenters. The number of aliphatic hydroxyl groups is 1. The lowest BCUT2D eigenvalue weighted by Crippen LogP contribution is -2.31. The van der Waals surface area contributed by atoms with E-state index in [9.17, 15) is 19.8 Å². The van der Waals surface area contributed by atoms with Crippen LogP contribution in [0.15, 0.2) is 84.3 Å². The Bertz CT molecular complexity index is 1140. The van der Waals surface area contributed by atoms with Crippen LogP contribution in [0.5, 0.6) is 11.5 Å². The monoisotopic (exact) mass is 402 g/mol. The first-order chi connectivity index (χ1) is 14.5. The molecule has 1 aromatic heterocycles. The molecule has 0 spiro atoms. The van der Waals surface area contributed by atoms with Crippen LogP contribution in [-0.4, -0.2) is 34.0 Å². The zero-order valence-electron chi connectivity index (χ0n) is 16.0. The Morgan fingerprint density at radius 1 is 1.03 bits per heavy atom. The third kappa shape index (κ3) is 3.16. The van der Waals surface area contributed by atoms with E-state index in [4.69, 9.17) is 4.74 Å². The van der Waals surface area contributed by atoms with Gasteiger partial charge in [-0.15, -0.1) is 0 Å². The fraction of sp³-hybridized carbons (Fsp3) is 0.0870. The number of hydrogen-bond donors (Lipinski definition) is 2. The van der Waals surface area contributed by atoms with E-state index in [0.29, 0.717) is 11.1 Å². The number of anilines is 1. The Balaban J connectivity index is 1.91. The van der Waals surface area contributed by atoms with Gasteiger partial charge in [-0.05, 0) is 29.8 Å². The Kier molecular flexibility index (Phi) is 4.93. The second-order valence-electron chi connectivity index (χ2n) is 6.65. The minimum Gasteiger partial charge on any atom is -0.504 e. The lowest BCUT2D eigenvalue weighted by molar-refractivity contribution is -0.117. The molecule has 0 bridgehead atoms. The van der Waals surface area contributed by atoms with Gasteiger partial charge in [-0.2, -0.15) is 0 Å². The number of phenols is 1. The van der Waals surface area contributed by atoms with Crippen molar-refractivity contribution < 1.29 is 24.5 Å². The van der Waals surface area contributed by atoms with Crippen molar-refractivity contribution in [2.75, 3.05) is 12.0 Å². The highest BCUT2D eigenvalue weighted by atomic mass is 16.5. The Hall–Kier alpha value is -4.13. The highest BCUT2D eigenvalue weighted by Gasteiger charge is 2.45.